The number of hydrogen-bond donors (Lipinski definition) is 0. The summed E-state index contributed by atoms with van der Waals surface area (Å²) in [6.45, 7) is 1.22. The number of likely N-dealkylation sites (tertiary alicyclic amines) is 1. The number of aromatic nitrogens is 1. The van der Waals surface area contributed by atoms with Crippen molar-refractivity contribution in [2.45, 2.75) is 12.8 Å². The van der Waals surface area contributed by atoms with Gasteiger partial charge in [-0.1, -0.05) is 30.3 Å². The molecular formula is C18H21N3O2S. The van der Waals surface area contributed by atoms with Gasteiger partial charge < -0.3 is 9.80 Å². The third kappa shape index (κ3) is 3.48. The maximum absolute atomic E-state index is 12.6. The summed E-state index contributed by atoms with van der Waals surface area (Å²) in [6, 6.07) is 9.87. The molecule has 0 unspecified atom stereocenters. The SMILES string of the molecule is CN(C)C(=O)C1CCN(C(=O)c2csc(-c3ccccc3)n2)CC1. The number of hydrogen-bond acceptors (Lipinski definition) is 4. The Morgan fingerprint density at radius 3 is 2.46 bits per heavy atom. The minimum atomic E-state index is -0.0378. The molecule has 1 fully saturated rings. The Balaban J connectivity index is 1.64. The van der Waals surface area contributed by atoms with Gasteiger partial charge in [-0.25, -0.2) is 4.98 Å². The lowest BCUT2D eigenvalue weighted by atomic mass is 9.95. The highest BCUT2D eigenvalue weighted by atomic mass is 32.1. The van der Waals surface area contributed by atoms with Crippen molar-refractivity contribution in [3.63, 3.8) is 0 Å². The number of benzene rings is 1. The molecule has 5 nitrogen and oxygen atoms in total. The van der Waals surface area contributed by atoms with Crippen LogP contribution in [0.1, 0.15) is 23.3 Å². The van der Waals surface area contributed by atoms with Crippen molar-refractivity contribution < 1.29 is 9.59 Å². The summed E-state index contributed by atoms with van der Waals surface area (Å²) in [5.41, 5.74) is 1.52. The van der Waals surface area contributed by atoms with Crippen LogP contribution < -0.4 is 0 Å². The molecule has 2 heterocycles. The van der Waals surface area contributed by atoms with Crippen LogP contribution >= 0.6 is 11.3 Å². The van der Waals surface area contributed by atoms with E-state index >= 15 is 0 Å². The Kier molecular flexibility index (Phi) is 4.94. The standard InChI is InChI=1S/C18H21N3O2S/c1-20(2)17(22)14-8-10-21(11-9-14)18(23)15-12-24-16(19-15)13-6-4-3-5-7-13/h3-7,12,14H,8-11H2,1-2H3. The van der Waals surface area contributed by atoms with Gasteiger partial charge in [0, 0.05) is 44.0 Å². The Morgan fingerprint density at radius 1 is 1.17 bits per heavy atom. The van der Waals surface area contributed by atoms with Crippen molar-refractivity contribution in [3.8, 4) is 10.6 Å². The highest BCUT2D eigenvalue weighted by molar-refractivity contribution is 7.13. The van der Waals surface area contributed by atoms with Gasteiger partial charge in [-0.05, 0) is 12.8 Å². The summed E-state index contributed by atoms with van der Waals surface area (Å²) in [4.78, 5) is 32.6. The number of thiazole rings is 1. The number of carbonyl (C=O) groups excluding carboxylic acids is 2. The first-order valence-corrected chi connectivity index (χ1v) is 8.95. The fourth-order valence-electron chi connectivity index (χ4n) is 2.94. The molecule has 1 aliphatic rings. The van der Waals surface area contributed by atoms with E-state index < -0.39 is 0 Å². The molecule has 2 amide bonds. The molecule has 1 aromatic carbocycles. The molecule has 0 spiro atoms. The monoisotopic (exact) mass is 343 g/mol. The summed E-state index contributed by atoms with van der Waals surface area (Å²) in [5, 5.41) is 2.68. The van der Waals surface area contributed by atoms with E-state index in [0.29, 0.717) is 18.8 Å². The molecule has 0 aliphatic carbocycles. The van der Waals surface area contributed by atoms with Gasteiger partial charge in [-0.15, -0.1) is 11.3 Å². The predicted octanol–water partition coefficient (Wildman–Crippen LogP) is 2.75. The van der Waals surface area contributed by atoms with Crippen LogP contribution in [0.2, 0.25) is 0 Å². The number of amides is 2. The van der Waals surface area contributed by atoms with Gasteiger partial charge in [-0.3, -0.25) is 9.59 Å². The van der Waals surface area contributed by atoms with Crippen molar-refractivity contribution in [2.24, 2.45) is 5.92 Å². The molecule has 2 aromatic rings. The fourth-order valence-corrected chi connectivity index (χ4v) is 3.74. The van der Waals surface area contributed by atoms with E-state index in [1.54, 1.807) is 19.0 Å². The highest BCUT2D eigenvalue weighted by Crippen LogP contribution is 2.25. The summed E-state index contributed by atoms with van der Waals surface area (Å²) in [5.74, 6) is 0.144. The number of nitrogens with zero attached hydrogens (tertiary/aromatic N) is 3. The lowest BCUT2D eigenvalue weighted by Crippen LogP contribution is -2.42. The first-order chi connectivity index (χ1) is 11.6. The molecule has 0 atom stereocenters. The van der Waals surface area contributed by atoms with E-state index in [9.17, 15) is 9.59 Å². The summed E-state index contributed by atoms with van der Waals surface area (Å²) in [6.07, 6.45) is 1.44. The van der Waals surface area contributed by atoms with Crippen molar-refractivity contribution in [1.29, 1.82) is 0 Å². The predicted molar refractivity (Wildman–Crippen MR) is 94.9 cm³/mol. The van der Waals surface area contributed by atoms with Crippen molar-refractivity contribution in [3.05, 3.63) is 41.4 Å². The first kappa shape index (κ1) is 16.6. The van der Waals surface area contributed by atoms with Gasteiger partial charge in [-0.2, -0.15) is 0 Å². The van der Waals surface area contributed by atoms with E-state index in [1.165, 1.54) is 11.3 Å². The van der Waals surface area contributed by atoms with Crippen LogP contribution in [0, 0.1) is 5.92 Å². The number of rotatable bonds is 3. The molecule has 1 saturated heterocycles. The molecular weight excluding hydrogens is 322 g/mol. The Bertz CT molecular complexity index is 719. The summed E-state index contributed by atoms with van der Waals surface area (Å²) >= 11 is 1.48. The van der Waals surface area contributed by atoms with Gasteiger partial charge in [0.25, 0.3) is 5.91 Å². The minimum absolute atomic E-state index is 0.0272. The van der Waals surface area contributed by atoms with Gasteiger partial charge >= 0.3 is 0 Å². The largest absolute Gasteiger partial charge is 0.349 e. The van der Waals surface area contributed by atoms with Gasteiger partial charge in [0.1, 0.15) is 10.7 Å². The third-order valence-corrected chi connectivity index (χ3v) is 5.21. The smallest absolute Gasteiger partial charge is 0.273 e. The average Bonchev–Trinajstić information content (AvgIpc) is 3.11. The van der Waals surface area contributed by atoms with Crippen LogP contribution in [0.4, 0.5) is 0 Å². The normalized spacial score (nSPS) is 15.3. The minimum Gasteiger partial charge on any atom is -0.349 e. The Hall–Kier alpha value is -2.21. The molecule has 0 bridgehead atoms. The molecule has 1 aromatic heterocycles. The van der Waals surface area contributed by atoms with Crippen LogP contribution in [0.5, 0.6) is 0 Å². The quantitative estimate of drug-likeness (QED) is 0.861. The van der Waals surface area contributed by atoms with Crippen LogP contribution in [0.3, 0.4) is 0 Å². The van der Waals surface area contributed by atoms with Crippen LogP contribution in [0.15, 0.2) is 35.7 Å². The van der Waals surface area contributed by atoms with Crippen LogP contribution in [-0.4, -0.2) is 53.8 Å². The summed E-state index contributed by atoms with van der Waals surface area (Å²) < 4.78 is 0. The van der Waals surface area contributed by atoms with E-state index in [1.807, 2.05) is 40.6 Å². The van der Waals surface area contributed by atoms with Gasteiger partial charge in [0.05, 0.1) is 0 Å². The maximum Gasteiger partial charge on any atom is 0.273 e. The third-order valence-electron chi connectivity index (χ3n) is 4.32. The molecule has 0 saturated carbocycles. The van der Waals surface area contributed by atoms with E-state index in [0.717, 1.165) is 23.4 Å². The van der Waals surface area contributed by atoms with Gasteiger partial charge in [0.2, 0.25) is 5.91 Å². The number of carbonyl (C=O) groups is 2. The highest BCUT2D eigenvalue weighted by Gasteiger charge is 2.29. The van der Waals surface area contributed by atoms with E-state index in [2.05, 4.69) is 4.98 Å². The lowest BCUT2D eigenvalue weighted by molar-refractivity contribution is -0.134. The zero-order valence-electron chi connectivity index (χ0n) is 13.9. The Morgan fingerprint density at radius 2 is 1.83 bits per heavy atom. The molecule has 24 heavy (non-hydrogen) atoms. The van der Waals surface area contributed by atoms with Gasteiger partial charge in [0.15, 0.2) is 0 Å². The second-order valence-electron chi connectivity index (χ2n) is 6.20. The topological polar surface area (TPSA) is 53.5 Å². The summed E-state index contributed by atoms with van der Waals surface area (Å²) in [7, 11) is 3.56. The molecule has 6 heteroatoms. The number of piperidine rings is 1. The molecule has 0 N–H and O–H groups in total. The molecule has 3 rings (SSSR count). The second kappa shape index (κ2) is 7.13. The lowest BCUT2D eigenvalue weighted by Gasteiger charge is -2.32. The van der Waals surface area contributed by atoms with Crippen molar-refractivity contribution >= 4 is 23.2 Å². The average molecular weight is 343 g/mol. The molecule has 126 valence electrons. The molecule has 1 aliphatic heterocycles. The fraction of sp³-hybridized carbons (Fsp3) is 0.389. The van der Waals surface area contributed by atoms with Crippen LogP contribution in [-0.2, 0) is 4.79 Å². The zero-order chi connectivity index (χ0) is 17.1. The first-order valence-electron chi connectivity index (χ1n) is 8.07. The van der Waals surface area contributed by atoms with Crippen molar-refractivity contribution in [2.75, 3.05) is 27.2 Å². The van der Waals surface area contributed by atoms with Crippen LogP contribution in [0.25, 0.3) is 10.6 Å². The maximum atomic E-state index is 12.6. The van der Waals surface area contributed by atoms with Crippen molar-refractivity contribution in [1.82, 2.24) is 14.8 Å². The Labute approximate surface area is 145 Å². The van der Waals surface area contributed by atoms with E-state index in [-0.39, 0.29) is 17.7 Å². The second-order valence-corrected chi connectivity index (χ2v) is 7.06. The van der Waals surface area contributed by atoms with E-state index in [4.69, 9.17) is 0 Å². The molecule has 0 radical (unpaired) electrons. The zero-order valence-corrected chi connectivity index (χ0v) is 14.8.